The molecule has 2 atom stereocenters. The number of aromatic carboxylic acids is 1. The van der Waals surface area contributed by atoms with Crippen molar-refractivity contribution >= 4 is 11.9 Å². The van der Waals surface area contributed by atoms with E-state index < -0.39 is 5.97 Å². The van der Waals surface area contributed by atoms with Crippen LogP contribution in [0.4, 0.5) is 0 Å². The van der Waals surface area contributed by atoms with E-state index in [4.69, 9.17) is 4.74 Å². The molecular formula is C20H22N2O4. The molecule has 1 aliphatic carbocycles. The van der Waals surface area contributed by atoms with Crippen LogP contribution >= 0.6 is 0 Å². The molecule has 1 aliphatic rings. The summed E-state index contributed by atoms with van der Waals surface area (Å²) in [6.07, 6.45) is 3.10. The lowest BCUT2D eigenvalue weighted by molar-refractivity contribution is 0.0424. The van der Waals surface area contributed by atoms with Crippen LogP contribution < -0.4 is 0 Å². The van der Waals surface area contributed by atoms with Crippen LogP contribution in [0.2, 0.25) is 0 Å². The number of carbonyl (C=O) groups is 2. The molecular weight excluding hydrogens is 332 g/mol. The number of pyridine rings is 1. The molecule has 2 unspecified atom stereocenters. The molecule has 26 heavy (non-hydrogen) atoms. The van der Waals surface area contributed by atoms with Gasteiger partial charge in [-0.1, -0.05) is 24.3 Å². The van der Waals surface area contributed by atoms with Crippen LogP contribution in [0.3, 0.4) is 0 Å². The molecule has 0 saturated heterocycles. The fourth-order valence-electron chi connectivity index (χ4n) is 3.61. The third kappa shape index (κ3) is 3.46. The molecule has 2 aromatic rings. The van der Waals surface area contributed by atoms with Crippen LogP contribution in [0, 0.1) is 0 Å². The highest BCUT2D eigenvalue weighted by Gasteiger charge is 2.35. The number of ether oxygens (including phenoxy) is 1. The van der Waals surface area contributed by atoms with Crippen LogP contribution in [-0.4, -0.2) is 46.6 Å². The number of carboxylic acids is 1. The summed E-state index contributed by atoms with van der Waals surface area (Å²) >= 11 is 0. The van der Waals surface area contributed by atoms with Gasteiger partial charge >= 0.3 is 5.97 Å². The maximum atomic E-state index is 13.2. The van der Waals surface area contributed by atoms with Gasteiger partial charge in [0, 0.05) is 13.3 Å². The Morgan fingerprint density at radius 3 is 2.85 bits per heavy atom. The summed E-state index contributed by atoms with van der Waals surface area (Å²) in [5, 5.41) is 9.19. The summed E-state index contributed by atoms with van der Waals surface area (Å²) in [4.78, 5) is 30.4. The maximum Gasteiger partial charge on any atom is 0.335 e. The van der Waals surface area contributed by atoms with Crippen molar-refractivity contribution in [2.75, 3.05) is 13.7 Å². The molecule has 136 valence electrons. The van der Waals surface area contributed by atoms with E-state index in [1.54, 1.807) is 12.0 Å². The summed E-state index contributed by atoms with van der Waals surface area (Å²) in [5.41, 5.74) is 2.57. The number of benzene rings is 1. The van der Waals surface area contributed by atoms with Gasteiger partial charge in [0.25, 0.3) is 5.91 Å². The van der Waals surface area contributed by atoms with Crippen molar-refractivity contribution in [2.45, 2.75) is 31.8 Å². The van der Waals surface area contributed by atoms with Gasteiger partial charge < -0.3 is 14.7 Å². The van der Waals surface area contributed by atoms with E-state index in [1.165, 1.54) is 23.9 Å². The number of hydrogen-bond donors (Lipinski definition) is 1. The Hall–Kier alpha value is -2.73. The fraction of sp³-hybridized carbons (Fsp3) is 0.350. The van der Waals surface area contributed by atoms with Crippen molar-refractivity contribution in [1.82, 2.24) is 9.88 Å². The molecule has 1 aromatic heterocycles. The minimum absolute atomic E-state index is 0.0505. The standard InChI is InChI=1S/C20H22N2O4/c1-13(12-26-2)22(18-8-7-14-5-3-4-6-16(14)18)19(23)17-11-15(20(24)25)9-10-21-17/h3-6,9-11,13,18H,7-8,12H2,1-2H3,(H,24,25). The third-order valence-electron chi connectivity index (χ3n) is 4.78. The van der Waals surface area contributed by atoms with Crippen molar-refractivity contribution < 1.29 is 19.4 Å². The summed E-state index contributed by atoms with van der Waals surface area (Å²) in [6, 6.07) is 10.6. The first kappa shape index (κ1) is 18.1. The molecule has 3 rings (SSSR count). The quantitative estimate of drug-likeness (QED) is 0.863. The minimum Gasteiger partial charge on any atom is -0.478 e. The number of hydrogen-bond acceptors (Lipinski definition) is 4. The Morgan fingerprint density at radius 2 is 2.12 bits per heavy atom. The molecule has 1 aromatic carbocycles. The minimum atomic E-state index is -1.08. The van der Waals surface area contributed by atoms with E-state index in [1.807, 2.05) is 25.1 Å². The molecule has 6 nitrogen and oxygen atoms in total. The van der Waals surface area contributed by atoms with Gasteiger partial charge in [0.05, 0.1) is 24.3 Å². The van der Waals surface area contributed by atoms with Gasteiger partial charge in [-0.25, -0.2) is 4.79 Å². The number of amides is 1. The highest BCUT2D eigenvalue weighted by Crippen LogP contribution is 2.37. The number of methoxy groups -OCH3 is 1. The molecule has 0 aliphatic heterocycles. The number of carbonyl (C=O) groups excluding carboxylic acids is 1. The van der Waals surface area contributed by atoms with Crippen LogP contribution in [0.15, 0.2) is 42.6 Å². The third-order valence-corrected chi connectivity index (χ3v) is 4.78. The summed E-state index contributed by atoms with van der Waals surface area (Å²) < 4.78 is 5.27. The SMILES string of the molecule is COCC(C)N(C(=O)c1cc(C(=O)O)ccn1)C1CCc2ccccc21. The summed E-state index contributed by atoms with van der Waals surface area (Å²) in [6.45, 7) is 2.33. The molecule has 0 saturated carbocycles. The Kier molecular flexibility index (Phi) is 5.32. The zero-order valence-corrected chi connectivity index (χ0v) is 14.9. The molecule has 1 N–H and O–H groups in total. The molecule has 1 amide bonds. The Bertz CT molecular complexity index is 821. The van der Waals surface area contributed by atoms with Crippen molar-refractivity contribution in [3.8, 4) is 0 Å². The fourth-order valence-corrected chi connectivity index (χ4v) is 3.61. The highest BCUT2D eigenvalue weighted by atomic mass is 16.5. The first-order valence-corrected chi connectivity index (χ1v) is 8.61. The van der Waals surface area contributed by atoms with Gasteiger partial charge in [0.1, 0.15) is 5.69 Å². The van der Waals surface area contributed by atoms with Crippen LogP contribution in [0.1, 0.15) is 51.4 Å². The van der Waals surface area contributed by atoms with Crippen LogP contribution in [0.25, 0.3) is 0 Å². The largest absolute Gasteiger partial charge is 0.478 e. The highest BCUT2D eigenvalue weighted by molar-refractivity contribution is 5.96. The van der Waals surface area contributed by atoms with Gasteiger partial charge in [0.15, 0.2) is 0 Å². The number of fused-ring (bicyclic) bond motifs is 1. The lowest BCUT2D eigenvalue weighted by Gasteiger charge is -2.34. The van der Waals surface area contributed by atoms with E-state index in [0.717, 1.165) is 18.4 Å². The van der Waals surface area contributed by atoms with Gasteiger partial charge in [-0.05, 0) is 43.0 Å². The summed E-state index contributed by atoms with van der Waals surface area (Å²) in [5.74, 6) is -1.36. The number of carboxylic acid groups (broad SMARTS) is 1. The predicted molar refractivity (Wildman–Crippen MR) is 96.2 cm³/mol. The van der Waals surface area contributed by atoms with E-state index in [0.29, 0.717) is 6.61 Å². The average Bonchev–Trinajstić information content (AvgIpc) is 3.06. The first-order valence-electron chi connectivity index (χ1n) is 8.61. The predicted octanol–water partition coefficient (Wildman–Crippen LogP) is 2.94. The molecule has 0 radical (unpaired) electrons. The zero-order valence-electron chi connectivity index (χ0n) is 14.9. The summed E-state index contributed by atoms with van der Waals surface area (Å²) in [7, 11) is 1.60. The first-order chi connectivity index (χ1) is 12.5. The normalized spacial score (nSPS) is 16.8. The topological polar surface area (TPSA) is 79.7 Å². The van der Waals surface area contributed by atoms with E-state index in [9.17, 15) is 14.7 Å². The Labute approximate surface area is 152 Å². The monoisotopic (exact) mass is 354 g/mol. The molecule has 6 heteroatoms. The maximum absolute atomic E-state index is 13.2. The van der Waals surface area contributed by atoms with E-state index >= 15 is 0 Å². The van der Waals surface area contributed by atoms with Crippen molar-refractivity contribution in [3.05, 3.63) is 65.0 Å². The van der Waals surface area contributed by atoms with Crippen LogP contribution in [-0.2, 0) is 11.2 Å². The molecule has 1 heterocycles. The van der Waals surface area contributed by atoms with Crippen molar-refractivity contribution in [3.63, 3.8) is 0 Å². The van der Waals surface area contributed by atoms with Gasteiger partial charge in [-0.2, -0.15) is 0 Å². The van der Waals surface area contributed by atoms with E-state index in [-0.39, 0.29) is 29.2 Å². The smallest absolute Gasteiger partial charge is 0.335 e. The Balaban J connectivity index is 1.98. The zero-order chi connectivity index (χ0) is 18.7. The number of rotatable bonds is 6. The molecule has 0 bridgehead atoms. The van der Waals surface area contributed by atoms with Crippen molar-refractivity contribution in [2.24, 2.45) is 0 Å². The Morgan fingerprint density at radius 1 is 1.35 bits per heavy atom. The molecule has 0 spiro atoms. The number of aromatic nitrogens is 1. The second-order valence-electron chi connectivity index (χ2n) is 6.50. The van der Waals surface area contributed by atoms with Crippen LogP contribution in [0.5, 0.6) is 0 Å². The van der Waals surface area contributed by atoms with Gasteiger partial charge in [-0.15, -0.1) is 0 Å². The lowest BCUT2D eigenvalue weighted by atomic mass is 10.0. The molecule has 0 fully saturated rings. The average molecular weight is 354 g/mol. The van der Waals surface area contributed by atoms with Gasteiger partial charge in [0.2, 0.25) is 0 Å². The second kappa shape index (κ2) is 7.66. The second-order valence-corrected chi connectivity index (χ2v) is 6.50. The number of nitrogens with zero attached hydrogens (tertiary/aromatic N) is 2. The number of aryl methyl sites for hydroxylation is 1. The van der Waals surface area contributed by atoms with Crippen molar-refractivity contribution in [1.29, 1.82) is 0 Å². The van der Waals surface area contributed by atoms with E-state index in [2.05, 4.69) is 11.1 Å². The van der Waals surface area contributed by atoms with Gasteiger partial charge in [-0.3, -0.25) is 9.78 Å². The lowest BCUT2D eigenvalue weighted by Crippen LogP contribution is -2.43.